The second kappa shape index (κ2) is 5.42. The molecule has 0 amide bonds. The summed E-state index contributed by atoms with van der Waals surface area (Å²) in [5.74, 6) is -1.13. The van der Waals surface area contributed by atoms with Crippen LogP contribution < -0.4 is 0 Å². The van der Waals surface area contributed by atoms with Gasteiger partial charge in [0, 0.05) is 6.20 Å². The zero-order chi connectivity index (χ0) is 16.6. The zero-order valence-electron chi connectivity index (χ0n) is 11.7. The molecule has 2 heterocycles. The van der Waals surface area contributed by atoms with Crippen LogP contribution in [0.3, 0.4) is 0 Å². The third-order valence-corrected chi connectivity index (χ3v) is 3.50. The first-order valence-electron chi connectivity index (χ1n) is 6.71. The summed E-state index contributed by atoms with van der Waals surface area (Å²) in [7, 11) is 0. The van der Waals surface area contributed by atoms with Gasteiger partial charge in [0.1, 0.15) is 5.56 Å². The van der Waals surface area contributed by atoms with Gasteiger partial charge in [0.15, 0.2) is 0 Å². The quantitative estimate of drug-likeness (QED) is 0.801. The number of carboxylic acid groups (broad SMARTS) is 1. The van der Waals surface area contributed by atoms with Crippen LogP contribution in [0.15, 0.2) is 48.8 Å². The van der Waals surface area contributed by atoms with Crippen molar-refractivity contribution < 1.29 is 23.1 Å². The lowest BCUT2D eigenvalue weighted by Gasteiger charge is -2.10. The molecular formula is C16H11F3N2O2. The Balaban J connectivity index is 2.05. The molecule has 3 aromatic rings. The molecule has 0 saturated heterocycles. The molecule has 23 heavy (non-hydrogen) atoms. The van der Waals surface area contributed by atoms with E-state index in [1.165, 1.54) is 16.8 Å². The van der Waals surface area contributed by atoms with Gasteiger partial charge in [-0.05, 0) is 29.7 Å². The minimum absolute atomic E-state index is 0.0209. The highest BCUT2D eigenvalue weighted by Gasteiger charge is 2.30. The molecule has 118 valence electrons. The van der Waals surface area contributed by atoms with Gasteiger partial charge in [-0.15, -0.1) is 0 Å². The van der Waals surface area contributed by atoms with Crippen LogP contribution in [0.4, 0.5) is 13.2 Å². The first kappa shape index (κ1) is 15.1. The number of aromatic nitrogens is 2. The van der Waals surface area contributed by atoms with Crippen molar-refractivity contribution in [3.8, 4) is 0 Å². The fourth-order valence-electron chi connectivity index (χ4n) is 2.49. The number of alkyl halides is 3. The van der Waals surface area contributed by atoms with Crippen molar-refractivity contribution >= 4 is 11.5 Å². The topological polar surface area (TPSA) is 54.6 Å². The number of rotatable bonds is 3. The number of benzene rings is 1. The zero-order valence-corrected chi connectivity index (χ0v) is 11.7. The summed E-state index contributed by atoms with van der Waals surface area (Å²) < 4.78 is 39.8. The molecule has 3 rings (SSSR count). The Morgan fingerprint density at radius 2 is 2.00 bits per heavy atom. The molecule has 7 heteroatoms. The lowest BCUT2D eigenvalue weighted by atomic mass is 10.0. The highest BCUT2D eigenvalue weighted by Crippen LogP contribution is 2.30. The standard InChI is InChI=1S/C16H11F3N2O2/c17-16(18,19)12-5-1-3-10(8-12)7-11-4-2-6-21-14(11)13(9-20-21)15(22)23/h1-6,8-9H,7H2,(H,22,23). The van der Waals surface area contributed by atoms with Crippen LogP contribution >= 0.6 is 0 Å². The molecule has 0 aliphatic heterocycles. The average Bonchev–Trinajstić information content (AvgIpc) is 2.92. The Kier molecular flexibility index (Phi) is 3.55. The smallest absolute Gasteiger partial charge is 0.416 e. The maximum absolute atomic E-state index is 12.8. The fourth-order valence-corrected chi connectivity index (χ4v) is 2.49. The molecule has 0 atom stereocenters. The largest absolute Gasteiger partial charge is 0.478 e. The average molecular weight is 320 g/mol. The van der Waals surface area contributed by atoms with Crippen molar-refractivity contribution in [3.63, 3.8) is 0 Å². The first-order valence-corrected chi connectivity index (χ1v) is 6.71. The minimum Gasteiger partial charge on any atom is -0.478 e. The van der Waals surface area contributed by atoms with Crippen molar-refractivity contribution in [3.05, 3.63) is 71.0 Å². The van der Waals surface area contributed by atoms with E-state index < -0.39 is 17.7 Å². The van der Waals surface area contributed by atoms with Crippen molar-refractivity contribution in [1.29, 1.82) is 0 Å². The molecule has 1 aromatic carbocycles. The number of hydrogen-bond donors (Lipinski definition) is 1. The monoisotopic (exact) mass is 320 g/mol. The summed E-state index contributed by atoms with van der Waals surface area (Å²) in [6, 6.07) is 8.35. The van der Waals surface area contributed by atoms with Crippen molar-refractivity contribution in [2.24, 2.45) is 0 Å². The van der Waals surface area contributed by atoms with E-state index in [-0.39, 0.29) is 12.0 Å². The van der Waals surface area contributed by atoms with Crippen LogP contribution in [0, 0.1) is 0 Å². The molecule has 0 fully saturated rings. The maximum Gasteiger partial charge on any atom is 0.416 e. The van der Waals surface area contributed by atoms with E-state index in [0.29, 0.717) is 16.6 Å². The first-order chi connectivity index (χ1) is 10.9. The third-order valence-electron chi connectivity index (χ3n) is 3.50. The molecule has 4 nitrogen and oxygen atoms in total. The Labute approximate surface area is 128 Å². The van der Waals surface area contributed by atoms with Gasteiger partial charge in [-0.3, -0.25) is 0 Å². The number of nitrogens with zero attached hydrogens (tertiary/aromatic N) is 2. The fraction of sp³-hybridized carbons (Fsp3) is 0.125. The van der Waals surface area contributed by atoms with Gasteiger partial charge in [0.25, 0.3) is 0 Å². The van der Waals surface area contributed by atoms with Crippen molar-refractivity contribution in [2.75, 3.05) is 0 Å². The van der Waals surface area contributed by atoms with Crippen LogP contribution in [0.25, 0.3) is 5.52 Å². The van der Waals surface area contributed by atoms with Gasteiger partial charge >= 0.3 is 12.1 Å². The number of halogens is 3. The molecule has 0 aliphatic rings. The summed E-state index contributed by atoms with van der Waals surface area (Å²) in [6.07, 6.45) is -1.41. The highest BCUT2D eigenvalue weighted by atomic mass is 19.4. The van der Waals surface area contributed by atoms with Gasteiger partial charge in [-0.25, -0.2) is 9.31 Å². The van der Waals surface area contributed by atoms with Gasteiger partial charge in [-0.2, -0.15) is 18.3 Å². The summed E-state index contributed by atoms with van der Waals surface area (Å²) >= 11 is 0. The van der Waals surface area contributed by atoms with Crippen LogP contribution in [-0.4, -0.2) is 20.7 Å². The van der Waals surface area contributed by atoms with E-state index >= 15 is 0 Å². The number of aromatic carboxylic acids is 1. The van der Waals surface area contributed by atoms with Crippen LogP contribution in [-0.2, 0) is 12.6 Å². The number of carbonyl (C=O) groups is 1. The number of hydrogen-bond acceptors (Lipinski definition) is 2. The molecular weight excluding hydrogens is 309 g/mol. The summed E-state index contributed by atoms with van der Waals surface area (Å²) in [6.45, 7) is 0. The van der Waals surface area contributed by atoms with E-state index in [1.54, 1.807) is 24.4 Å². The molecule has 0 saturated carbocycles. The molecule has 0 radical (unpaired) electrons. The van der Waals surface area contributed by atoms with E-state index in [4.69, 9.17) is 0 Å². The molecule has 0 bridgehead atoms. The normalized spacial score (nSPS) is 11.8. The Bertz CT molecular complexity index is 884. The van der Waals surface area contributed by atoms with E-state index in [1.807, 2.05) is 0 Å². The molecule has 0 aliphatic carbocycles. The predicted octanol–water partition coefficient (Wildman–Crippen LogP) is 3.64. The third kappa shape index (κ3) is 2.90. The Morgan fingerprint density at radius 1 is 1.22 bits per heavy atom. The van der Waals surface area contributed by atoms with Crippen LogP contribution in [0.2, 0.25) is 0 Å². The number of carboxylic acids is 1. The summed E-state index contributed by atoms with van der Waals surface area (Å²) in [5.41, 5.74) is 0.728. The molecule has 1 N–H and O–H groups in total. The van der Waals surface area contributed by atoms with Crippen LogP contribution in [0.1, 0.15) is 27.0 Å². The number of fused-ring (bicyclic) bond motifs is 1. The Morgan fingerprint density at radius 3 is 2.70 bits per heavy atom. The SMILES string of the molecule is O=C(O)c1cnn2cccc(Cc3cccc(C(F)(F)F)c3)c12. The highest BCUT2D eigenvalue weighted by molar-refractivity contribution is 5.96. The van der Waals surface area contributed by atoms with Gasteiger partial charge in [0.2, 0.25) is 0 Å². The predicted molar refractivity (Wildman–Crippen MR) is 76.4 cm³/mol. The van der Waals surface area contributed by atoms with Crippen molar-refractivity contribution in [1.82, 2.24) is 9.61 Å². The number of pyridine rings is 1. The molecule has 0 spiro atoms. The van der Waals surface area contributed by atoms with Crippen LogP contribution in [0.5, 0.6) is 0 Å². The Hall–Kier alpha value is -2.83. The summed E-state index contributed by atoms with van der Waals surface area (Å²) in [4.78, 5) is 11.3. The second-order valence-corrected chi connectivity index (χ2v) is 5.06. The maximum atomic E-state index is 12.8. The summed E-state index contributed by atoms with van der Waals surface area (Å²) in [5, 5.41) is 13.2. The molecule has 0 unspecified atom stereocenters. The van der Waals surface area contributed by atoms with Crippen molar-refractivity contribution in [2.45, 2.75) is 12.6 Å². The van der Waals surface area contributed by atoms with Gasteiger partial charge in [-0.1, -0.05) is 24.3 Å². The van der Waals surface area contributed by atoms with E-state index in [9.17, 15) is 23.1 Å². The van der Waals surface area contributed by atoms with E-state index in [2.05, 4.69) is 5.10 Å². The van der Waals surface area contributed by atoms with Gasteiger partial charge in [0.05, 0.1) is 17.3 Å². The van der Waals surface area contributed by atoms with E-state index in [0.717, 1.165) is 12.1 Å². The lowest BCUT2D eigenvalue weighted by molar-refractivity contribution is -0.137. The molecule has 2 aromatic heterocycles. The second-order valence-electron chi connectivity index (χ2n) is 5.06. The van der Waals surface area contributed by atoms with Gasteiger partial charge < -0.3 is 5.11 Å². The minimum atomic E-state index is -4.41. The lowest BCUT2D eigenvalue weighted by Crippen LogP contribution is -2.06.